The van der Waals surface area contributed by atoms with Gasteiger partial charge >= 0.3 is 0 Å². The number of benzene rings is 1. The van der Waals surface area contributed by atoms with Crippen molar-refractivity contribution in [2.24, 2.45) is 10.9 Å². The molecule has 1 aromatic carbocycles. The molecule has 154 valence electrons. The number of ether oxygens (including phenoxy) is 2. The minimum Gasteiger partial charge on any atom is -0.454 e. The zero-order valence-electron chi connectivity index (χ0n) is 17.4. The van der Waals surface area contributed by atoms with Crippen LogP contribution in [0, 0.1) is 5.92 Å². The molecule has 0 atom stereocenters. The van der Waals surface area contributed by atoms with Crippen molar-refractivity contribution in [3.63, 3.8) is 0 Å². The summed E-state index contributed by atoms with van der Waals surface area (Å²) in [4.78, 5) is 18.4. The summed E-state index contributed by atoms with van der Waals surface area (Å²) in [6.07, 6.45) is 2.65. The van der Waals surface area contributed by atoms with E-state index in [4.69, 9.17) is 9.47 Å². The Labute approximate surface area is 167 Å². The second-order valence-electron chi connectivity index (χ2n) is 8.16. The van der Waals surface area contributed by atoms with Crippen molar-refractivity contribution < 1.29 is 14.3 Å². The van der Waals surface area contributed by atoms with Gasteiger partial charge in [-0.25, -0.2) is 0 Å². The molecule has 1 aromatic rings. The summed E-state index contributed by atoms with van der Waals surface area (Å²) in [5.41, 5.74) is 1.11. The molecule has 0 spiro atoms. The maximum absolute atomic E-state index is 11.6. The molecule has 1 amide bonds. The highest BCUT2D eigenvalue weighted by Crippen LogP contribution is 2.36. The third-order valence-corrected chi connectivity index (χ3v) is 5.72. The molecule has 2 heterocycles. The van der Waals surface area contributed by atoms with E-state index in [2.05, 4.69) is 46.5 Å². The number of guanidine groups is 1. The number of likely N-dealkylation sites (tertiary alicyclic amines) is 1. The van der Waals surface area contributed by atoms with Gasteiger partial charge in [0, 0.05) is 45.6 Å². The average Bonchev–Trinajstić information content (AvgIpc) is 3.17. The van der Waals surface area contributed by atoms with Crippen molar-refractivity contribution in [2.45, 2.75) is 38.5 Å². The van der Waals surface area contributed by atoms with Crippen LogP contribution in [-0.2, 0) is 10.2 Å². The van der Waals surface area contributed by atoms with Crippen molar-refractivity contribution in [2.75, 3.05) is 40.5 Å². The normalized spacial score (nSPS) is 17.6. The number of carbonyl (C=O) groups excluding carboxylic acids is 1. The van der Waals surface area contributed by atoms with Crippen LogP contribution >= 0.6 is 0 Å². The quantitative estimate of drug-likeness (QED) is 0.597. The monoisotopic (exact) mass is 388 g/mol. The van der Waals surface area contributed by atoms with Crippen LogP contribution in [0.2, 0.25) is 0 Å². The molecule has 0 saturated carbocycles. The van der Waals surface area contributed by atoms with E-state index in [9.17, 15) is 4.79 Å². The van der Waals surface area contributed by atoms with Crippen LogP contribution in [-0.4, -0.2) is 57.3 Å². The van der Waals surface area contributed by atoms with Crippen molar-refractivity contribution in [3.05, 3.63) is 23.8 Å². The molecule has 28 heavy (non-hydrogen) atoms. The number of hydrogen-bond acceptors (Lipinski definition) is 4. The lowest BCUT2D eigenvalue weighted by Crippen LogP contribution is -2.48. The molecule has 0 radical (unpaired) electrons. The number of carbonyl (C=O) groups is 1. The molecule has 2 aliphatic heterocycles. The average molecular weight is 389 g/mol. The number of nitrogens with one attached hydrogen (secondary N) is 2. The molecule has 0 unspecified atom stereocenters. The van der Waals surface area contributed by atoms with Gasteiger partial charge in [-0.15, -0.1) is 0 Å². The number of rotatable bonds is 5. The Hall–Kier alpha value is -2.44. The first-order valence-corrected chi connectivity index (χ1v) is 9.99. The van der Waals surface area contributed by atoms with Gasteiger partial charge in [-0.05, 0) is 36.5 Å². The van der Waals surface area contributed by atoms with Gasteiger partial charge in [0.15, 0.2) is 17.5 Å². The fraction of sp³-hybridized carbons (Fsp3) is 0.619. The van der Waals surface area contributed by atoms with Gasteiger partial charge in [0.1, 0.15) is 0 Å². The first-order valence-electron chi connectivity index (χ1n) is 9.99. The van der Waals surface area contributed by atoms with Crippen LogP contribution in [0.3, 0.4) is 0 Å². The lowest BCUT2D eigenvalue weighted by molar-refractivity contribution is -0.121. The Morgan fingerprint density at radius 1 is 1.25 bits per heavy atom. The summed E-state index contributed by atoms with van der Waals surface area (Å²) in [6, 6.07) is 6.14. The third kappa shape index (κ3) is 4.69. The maximum atomic E-state index is 11.6. The summed E-state index contributed by atoms with van der Waals surface area (Å²) in [6.45, 7) is 7.32. The van der Waals surface area contributed by atoms with E-state index in [1.54, 1.807) is 7.05 Å². The standard InChI is InChI=1S/C21H32N4O3/c1-21(2,16-5-6-17-18(12-16)28-14-27-17)13-24-20(23-4)25-9-7-15(8-10-25)11-19(26)22-3/h5-6,12,15H,7-11,13-14H2,1-4H3,(H,22,26)(H,23,24). The summed E-state index contributed by atoms with van der Waals surface area (Å²) in [5.74, 6) is 3.13. The summed E-state index contributed by atoms with van der Waals surface area (Å²) in [5, 5.41) is 6.26. The fourth-order valence-electron chi connectivity index (χ4n) is 3.77. The molecule has 7 heteroatoms. The van der Waals surface area contributed by atoms with E-state index in [1.165, 1.54) is 5.56 Å². The highest BCUT2D eigenvalue weighted by molar-refractivity contribution is 5.80. The molecule has 0 bridgehead atoms. The first kappa shape index (κ1) is 20.3. The number of nitrogens with zero attached hydrogens (tertiary/aromatic N) is 2. The highest BCUT2D eigenvalue weighted by Gasteiger charge is 2.27. The van der Waals surface area contributed by atoms with E-state index in [0.29, 0.717) is 19.1 Å². The lowest BCUT2D eigenvalue weighted by atomic mass is 9.84. The summed E-state index contributed by atoms with van der Waals surface area (Å²) >= 11 is 0. The van der Waals surface area contributed by atoms with Crippen molar-refractivity contribution in [1.29, 1.82) is 0 Å². The molecular formula is C21H32N4O3. The van der Waals surface area contributed by atoms with E-state index in [-0.39, 0.29) is 11.3 Å². The van der Waals surface area contributed by atoms with Gasteiger partial charge in [-0.1, -0.05) is 19.9 Å². The molecule has 0 aliphatic carbocycles. The van der Waals surface area contributed by atoms with E-state index in [1.807, 2.05) is 13.1 Å². The van der Waals surface area contributed by atoms with Gasteiger partial charge in [0.05, 0.1) is 0 Å². The number of aliphatic imine (C=N–C) groups is 1. The maximum Gasteiger partial charge on any atom is 0.231 e. The topological polar surface area (TPSA) is 75.2 Å². The fourth-order valence-corrected chi connectivity index (χ4v) is 3.77. The lowest BCUT2D eigenvalue weighted by Gasteiger charge is -2.35. The second-order valence-corrected chi connectivity index (χ2v) is 8.16. The molecule has 2 aliphatic rings. The number of amides is 1. The minimum atomic E-state index is -0.0888. The van der Waals surface area contributed by atoms with Crippen LogP contribution in [0.5, 0.6) is 11.5 Å². The zero-order valence-corrected chi connectivity index (χ0v) is 17.4. The number of fused-ring (bicyclic) bond motifs is 1. The van der Waals surface area contributed by atoms with Crippen LogP contribution in [0.25, 0.3) is 0 Å². The Balaban J connectivity index is 1.54. The minimum absolute atomic E-state index is 0.0888. The number of piperidine rings is 1. The predicted octanol–water partition coefficient (Wildman–Crippen LogP) is 2.12. The van der Waals surface area contributed by atoms with Crippen LogP contribution < -0.4 is 20.1 Å². The van der Waals surface area contributed by atoms with E-state index < -0.39 is 0 Å². The molecule has 7 nitrogen and oxygen atoms in total. The molecule has 1 saturated heterocycles. The zero-order chi connectivity index (χ0) is 20.1. The SMILES string of the molecule is CN=C(NCC(C)(C)c1ccc2c(c1)OCO2)N1CCC(CC(=O)NC)CC1. The van der Waals surface area contributed by atoms with Crippen LogP contribution in [0.1, 0.15) is 38.7 Å². The van der Waals surface area contributed by atoms with Gasteiger partial charge in [0.25, 0.3) is 0 Å². The predicted molar refractivity (Wildman–Crippen MR) is 110 cm³/mol. The van der Waals surface area contributed by atoms with Gasteiger partial charge in [-0.3, -0.25) is 9.79 Å². The van der Waals surface area contributed by atoms with Crippen molar-refractivity contribution in [3.8, 4) is 11.5 Å². The molecule has 2 N–H and O–H groups in total. The van der Waals surface area contributed by atoms with Crippen molar-refractivity contribution >= 4 is 11.9 Å². The smallest absolute Gasteiger partial charge is 0.231 e. The Kier molecular flexibility index (Phi) is 6.31. The molecule has 3 rings (SSSR count). The third-order valence-electron chi connectivity index (χ3n) is 5.72. The largest absolute Gasteiger partial charge is 0.454 e. The first-order chi connectivity index (χ1) is 13.4. The van der Waals surface area contributed by atoms with Gasteiger partial charge in [0.2, 0.25) is 12.7 Å². The van der Waals surface area contributed by atoms with Gasteiger partial charge in [-0.2, -0.15) is 0 Å². The molecule has 1 fully saturated rings. The summed E-state index contributed by atoms with van der Waals surface area (Å²) < 4.78 is 10.9. The Morgan fingerprint density at radius 3 is 2.64 bits per heavy atom. The Bertz CT molecular complexity index is 724. The summed E-state index contributed by atoms with van der Waals surface area (Å²) in [7, 11) is 3.53. The highest BCUT2D eigenvalue weighted by atomic mass is 16.7. The number of hydrogen-bond donors (Lipinski definition) is 2. The van der Waals surface area contributed by atoms with E-state index >= 15 is 0 Å². The van der Waals surface area contributed by atoms with E-state index in [0.717, 1.165) is 49.9 Å². The van der Waals surface area contributed by atoms with Crippen molar-refractivity contribution in [1.82, 2.24) is 15.5 Å². The second kappa shape index (κ2) is 8.71. The van der Waals surface area contributed by atoms with Gasteiger partial charge < -0.3 is 25.0 Å². The van der Waals surface area contributed by atoms with Crippen LogP contribution in [0.4, 0.5) is 0 Å². The molecule has 0 aromatic heterocycles. The Morgan fingerprint density at radius 2 is 1.96 bits per heavy atom. The van der Waals surface area contributed by atoms with Crippen LogP contribution in [0.15, 0.2) is 23.2 Å². The molecular weight excluding hydrogens is 356 g/mol.